The van der Waals surface area contributed by atoms with Gasteiger partial charge in [-0.1, -0.05) is 41.5 Å². The molecule has 0 spiro atoms. The summed E-state index contributed by atoms with van der Waals surface area (Å²) in [5.74, 6) is 1.14. The van der Waals surface area contributed by atoms with E-state index in [1.165, 1.54) is 0 Å². The van der Waals surface area contributed by atoms with Gasteiger partial charge in [0.05, 0.1) is 0 Å². The van der Waals surface area contributed by atoms with Crippen molar-refractivity contribution in [3.05, 3.63) is 21.6 Å². The minimum Gasteiger partial charge on any atom is -0.299 e. The fourth-order valence-corrected chi connectivity index (χ4v) is 2.01. The summed E-state index contributed by atoms with van der Waals surface area (Å²) in [5, 5.41) is 3.27. The van der Waals surface area contributed by atoms with Gasteiger partial charge in [0.25, 0.3) is 5.56 Å². The zero-order valence-electron chi connectivity index (χ0n) is 11.3. The third kappa shape index (κ3) is 2.57. The first-order valence-electron chi connectivity index (χ1n) is 6.17. The molecule has 0 bridgehead atoms. The van der Waals surface area contributed by atoms with Gasteiger partial charge in [-0.25, -0.2) is 0 Å². The number of rotatable bonds is 4. The minimum absolute atomic E-state index is 0.160. The second-order valence-corrected chi connectivity index (χ2v) is 5.56. The van der Waals surface area contributed by atoms with Crippen LogP contribution in [-0.4, -0.2) is 9.78 Å². The molecule has 1 aromatic heterocycles. The van der Waals surface area contributed by atoms with Crippen molar-refractivity contribution in [1.82, 2.24) is 9.78 Å². The molecule has 1 rings (SSSR count). The maximum atomic E-state index is 12.2. The van der Waals surface area contributed by atoms with Gasteiger partial charge in [-0.2, -0.15) is 0 Å². The summed E-state index contributed by atoms with van der Waals surface area (Å²) in [6, 6.07) is 0. The van der Waals surface area contributed by atoms with Crippen molar-refractivity contribution in [2.24, 2.45) is 5.92 Å². The summed E-state index contributed by atoms with van der Waals surface area (Å²) < 4.78 is 1.76. The molecule has 0 saturated heterocycles. The number of nitrogens with one attached hydrogen (secondary N) is 1. The van der Waals surface area contributed by atoms with Gasteiger partial charge >= 0.3 is 0 Å². The van der Waals surface area contributed by atoms with Crippen LogP contribution in [0.15, 0.2) is 4.79 Å². The fourth-order valence-electron chi connectivity index (χ4n) is 2.01. The van der Waals surface area contributed by atoms with Gasteiger partial charge < -0.3 is 0 Å². The van der Waals surface area contributed by atoms with E-state index >= 15 is 0 Å². The highest BCUT2D eigenvalue weighted by Gasteiger charge is 2.19. The molecule has 0 fully saturated rings. The summed E-state index contributed by atoms with van der Waals surface area (Å²) in [5.41, 5.74) is 2.21. The molecule has 92 valence electrons. The summed E-state index contributed by atoms with van der Waals surface area (Å²) in [6.45, 7) is 13.4. The van der Waals surface area contributed by atoms with Crippen LogP contribution in [0.4, 0.5) is 0 Å². The van der Waals surface area contributed by atoms with Crippen molar-refractivity contribution in [3.8, 4) is 0 Å². The Labute approximate surface area is 97.8 Å². The Morgan fingerprint density at radius 1 is 1.06 bits per heavy atom. The highest BCUT2D eigenvalue weighted by atomic mass is 16.1. The molecule has 0 radical (unpaired) electrons. The molecule has 1 N–H and O–H groups in total. The van der Waals surface area contributed by atoms with Crippen LogP contribution in [0.2, 0.25) is 0 Å². The van der Waals surface area contributed by atoms with Crippen molar-refractivity contribution < 1.29 is 0 Å². The average Bonchev–Trinajstić information content (AvgIpc) is 2.43. The van der Waals surface area contributed by atoms with E-state index in [0.717, 1.165) is 17.8 Å². The first-order chi connectivity index (χ1) is 7.34. The summed E-state index contributed by atoms with van der Waals surface area (Å²) in [4.78, 5) is 12.2. The molecule has 0 aliphatic heterocycles. The molecule has 0 atom stereocenters. The molecule has 0 saturated carbocycles. The van der Waals surface area contributed by atoms with Gasteiger partial charge in [0.15, 0.2) is 0 Å². The third-order valence-electron chi connectivity index (χ3n) is 2.72. The van der Waals surface area contributed by atoms with E-state index in [-0.39, 0.29) is 11.5 Å². The van der Waals surface area contributed by atoms with Gasteiger partial charge in [-0.3, -0.25) is 14.6 Å². The lowest BCUT2D eigenvalue weighted by atomic mass is 9.98. The number of H-pyrrole nitrogens is 1. The molecule has 16 heavy (non-hydrogen) atoms. The van der Waals surface area contributed by atoms with Gasteiger partial charge in [-0.05, 0) is 17.8 Å². The van der Waals surface area contributed by atoms with E-state index in [1.807, 2.05) is 0 Å². The van der Waals surface area contributed by atoms with Crippen LogP contribution in [0.5, 0.6) is 0 Å². The average molecular weight is 224 g/mol. The Balaban J connectivity index is 3.25. The third-order valence-corrected chi connectivity index (χ3v) is 2.72. The summed E-state index contributed by atoms with van der Waals surface area (Å²) >= 11 is 0. The Morgan fingerprint density at radius 3 is 1.94 bits per heavy atom. The quantitative estimate of drug-likeness (QED) is 0.838. The maximum Gasteiger partial charge on any atom is 0.270 e. The van der Waals surface area contributed by atoms with Crippen LogP contribution in [-0.2, 0) is 6.54 Å². The minimum atomic E-state index is 0.160. The largest absolute Gasteiger partial charge is 0.299 e. The molecular formula is C13H24N2O. The van der Waals surface area contributed by atoms with Crippen molar-refractivity contribution in [2.75, 3.05) is 0 Å². The number of nitrogens with zero attached hydrogens (tertiary/aromatic N) is 1. The topological polar surface area (TPSA) is 37.8 Å². The molecule has 0 aromatic carbocycles. The normalized spacial score (nSPS) is 12.1. The number of aromatic nitrogens is 2. The van der Waals surface area contributed by atoms with Crippen molar-refractivity contribution in [3.63, 3.8) is 0 Å². The van der Waals surface area contributed by atoms with Crippen molar-refractivity contribution in [2.45, 2.75) is 59.9 Å². The summed E-state index contributed by atoms with van der Waals surface area (Å²) in [6.07, 6.45) is 0. The lowest BCUT2D eigenvalue weighted by Gasteiger charge is -2.07. The van der Waals surface area contributed by atoms with Crippen LogP contribution < -0.4 is 5.56 Å². The first kappa shape index (κ1) is 13.1. The predicted octanol–water partition coefficient (Wildman–Crippen LogP) is 3.08. The maximum absolute atomic E-state index is 12.2. The van der Waals surface area contributed by atoms with E-state index < -0.39 is 0 Å². The molecule has 0 aliphatic rings. The van der Waals surface area contributed by atoms with E-state index in [2.05, 4.69) is 46.6 Å². The van der Waals surface area contributed by atoms with E-state index in [0.29, 0.717) is 11.8 Å². The van der Waals surface area contributed by atoms with Crippen LogP contribution in [0.25, 0.3) is 0 Å². The fraction of sp³-hybridized carbons (Fsp3) is 0.769. The SMILES string of the molecule is CC(C)Cn1[nH]c(C(C)C)c(C(C)C)c1=O. The molecule has 3 nitrogen and oxygen atoms in total. The van der Waals surface area contributed by atoms with E-state index in [4.69, 9.17) is 0 Å². The smallest absolute Gasteiger partial charge is 0.270 e. The Bertz CT molecular complexity index is 397. The highest BCUT2D eigenvalue weighted by Crippen LogP contribution is 2.21. The molecule has 0 unspecified atom stereocenters. The van der Waals surface area contributed by atoms with Gasteiger partial charge in [0.2, 0.25) is 0 Å². The zero-order valence-corrected chi connectivity index (χ0v) is 11.3. The number of hydrogen-bond acceptors (Lipinski definition) is 1. The van der Waals surface area contributed by atoms with Gasteiger partial charge in [0.1, 0.15) is 0 Å². The second kappa shape index (κ2) is 4.89. The lowest BCUT2D eigenvalue weighted by Crippen LogP contribution is -2.22. The first-order valence-corrected chi connectivity index (χ1v) is 6.17. The highest BCUT2D eigenvalue weighted by molar-refractivity contribution is 5.23. The lowest BCUT2D eigenvalue weighted by molar-refractivity contribution is 0.468. The van der Waals surface area contributed by atoms with Crippen LogP contribution in [0.3, 0.4) is 0 Å². The molecule has 0 amide bonds. The van der Waals surface area contributed by atoms with Crippen molar-refractivity contribution in [1.29, 1.82) is 0 Å². The molecule has 3 heteroatoms. The van der Waals surface area contributed by atoms with Crippen LogP contribution in [0, 0.1) is 5.92 Å². The zero-order chi connectivity index (χ0) is 12.5. The molecular weight excluding hydrogens is 200 g/mol. The van der Waals surface area contributed by atoms with Crippen LogP contribution in [0.1, 0.15) is 64.6 Å². The van der Waals surface area contributed by atoms with Gasteiger partial charge in [0, 0.05) is 17.8 Å². The Hall–Kier alpha value is -0.990. The second-order valence-electron chi connectivity index (χ2n) is 5.56. The van der Waals surface area contributed by atoms with E-state index in [1.54, 1.807) is 4.68 Å². The van der Waals surface area contributed by atoms with E-state index in [9.17, 15) is 4.79 Å². The predicted molar refractivity (Wildman–Crippen MR) is 68.1 cm³/mol. The molecule has 1 heterocycles. The number of hydrogen-bond donors (Lipinski definition) is 1. The Kier molecular flexibility index (Phi) is 4.00. The Morgan fingerprint density at radius 2 is 1.62 bits per heavy atom. The standard InChI is InChI=1S/C13H24N2O/c1-8(2)7-15-13(16)11(9(3)4)12(14-15)10(5)6/h8-10,14H,7H2,1-6H3. The summed E-state index contributed by atoms with van der Waals surface area (Å²) in [7, 11) is 0. The van der Waals surface area contributed by atoms with Crippen molar-refractivity contribution >= 4 is 0 Å². The monoisotopic (exact) mass is 224 g/mol. The molecule has 1 aromatic rings. The van der Waals surface area contributed by atoms with Gasteiger partial charge in [-0.15, -0.1) is 0 Å². The van der Waals surface area contributed by atoms with Crippen LogP contribution >= 0.6 is 0 Å². The number of aromatic amines is 1. The molecule has 0 aliphatic carbocycles.